The average molecular weight is 729 g/mol. The summed E-state index contributed by atoms with van der Waals surface area (Å²) >= 11 is 0. The van der Waals surface area contributed by atoms with Crippen LogP contribution < -0.4 is 0 Å². The van der Waals surface area contributed by atoms with E-state index in [1.807, 2.05) is 12.4 Å². The van der Waals surface area contributed by atoms with Crippen molar-refractivity contribution in [3.63, 3.8) is 0 Å². The standard InChI is InChI=1S/C27H33N.C26H31N/c1-3-5-6-7-8-10-27-20-19-26(21-28-27)25-17-15-24(16-18-25)23-13-11-22(9-4-2)12-14-23;1-3-5-6-7-9-26-19-18-25(20-27-26)24-16-14-23(15-17-24)22-12-10-21(8-4-2)11-13-22/h11-21H,3-10H2,1-2H3;10-20H,3-9H2,1-2H3. The van der Waals surface area contributed by atoms with Gasteiger partial charge in [-0.1, -0.05) is 195 Å². The minimum Gasteiger partial charge on any atom is -0.261 e. The fourth-order valence-electron chi connectivity index (χ4n) is 7.14. The van der Waals surface area contributed by atoms with Crippen molar-refractivity contribution in [1.29, 1.82) is 0 Å². The second-order valence-corrected chi connectivity index (χ2v) is 15.1. The van der Waals surface area contributed by atoms with E-state index in [1.165, 1.54) is 138 Å². The molecule has 2 heteroatoms. The van der Waals surface area contributed by atoms with Gasteiger partial charge in [0.25, 0.3) is 0 Å². The van der Waals surface area contributed by atoms with Gasteiger partial charge in [-0.05, 0) is 95.2 Å². The number of nitrogens with zero attached hydrogens (tertiary/aromatic N) is 2. The van der Waals surface area contributed by atoms with Gasteiger partial charge >= 0.3 is 0 Å². The molecule has 0 spiro atoms. The van der Waals surface area contributed by atoms with Crippen molar-refractivity contribution in [3.8, 4) is 44.5 Å². The first-order valence-corrected chi connectivity index (χ1v) is 21.4. The van der Waals surface area contributed by atoms with Crippen LogP contribution in [0, 0.1) is 0 Å². The lowest BCUT2D eigenvalue weighted by Gasteiger charge is -2.07. The van der Waals surface area contributed by atoms with Gasteiger partial charge in [-0.2, -0.15) is 0 Å². The maximum Gasteiger partial charge on any atom is 0.0404 e. The Balaban J connectivity index is 0.000000211. The summed E-state index contributed by atoms with van der Waals surface area (Å²) in [5.41, 5.74) is 15.2. The Morgan fingerprint density at radius 1 is 0.273 bits per heavy atom. The molecule has 0 fully saturated rings. The summed E-state index contributed by atoms with van der Waals surface area (Å²) in [4.78, 5) is 9.34. The molecule has 0 N–H and O–H groups in total. The number of benzene rings is 4. The van der Waals surface area contributed by atoms with Gasteiger partial charge < -0.3 is 0 Å². The Bertz CT molecular complexity index is 1900. The molecular weight excluding hydrogens is 665 g/mol. The first-order chi connectivity index (χ1) is 27.1. The van der Waals surface area contributed by atoms with E-state index in [9.17, 15) is 0 Å². The summed E-state index contributed by atoms with van der Waals surface area (Å²) in [5, 5.41) is 0. The van der Waals surface area contributed by atoms with E-state index in [1.54, 1.807) is 0 Å². The Morgan fingerprint density at radius 3 is 0.873 bits per heavy atom. The first kappa shape index (κ1) is 41.3. The van der Waals surface area contributed by atoms with Crippen LogP contribution in [0.3, 0.4) is 0 Å². The fraction of sp³-hybridized carbons (Fsp3) is 0.358. The summed E-state index contributed by atoms with van der Waals surface area (Å²) < 4.78 is 0. The molecule has 0 aliphatic rings. The van der Waals surface area contributed by atoms with Gasteiger partial charge in [-0.3, -0.25) is 9.97 Å². The molecule has 0 atom stereocenters. The van der Waals surface area contributed by atoms with Crippen LogP contribution in [0.5, 0.6) is 0 Å². The van der Waals surface area contributed by atoms with Crippen molar-refractivity contribution in [1.82, 2.24) is 9.97 Å². The summed E-state index contributed by atoms with van der Waals surface area (Å²) in [6.07, 6.45) is 22.6. The summed E-state index contributed by atoms with van der Waals surface area (Å²) in [6, 6.07) is 44.4. The van der Waals surface area contributed by atoms with E-state index in [4.69, 9.17) is 0 Å². The molecular formula is C53H64N2. The third-order valence-electron chi connectivity index (χ3n) is 10.6. The van der Waals surface area contributed by atoms with Gasteiger partial charge in [-0.25, -0.2) is 0 Å². The molecule has 6 rings (SSSR count). The molecule has 286 valence electrons. The summed E-state index contributed by atoms with van der Waals surface area (Å²) in [6.45, 7) is 8.96. The van der Waals surface area contributed by atoms with Gasteiger partial charge in [0, 0.05) is 34.9 Å². The van der Waals surface area contributed by atoms with Crippen LogP contribution in [0.2, 0.25) is 0 Å². The number of aryl methyl sites for hydroxylation is 4. The van der Waals surface area contributed by atoms with E-state index in [0.29, 0.717) is 0 Å². The molecule has 0 aliphatic carbocycles. The lowest BCUT2D eigenvalue weighted by molar-refractivity contribution is 0.628. The number of hydrogen-bond donors (Lipinski definition) is 0. The molecule has 0 saturated carbocycles. The Hall–Kier alpha value is -4.82. The van der Waals surface area contributed by atoms with Crippen molar-refractivity contribution >= 4 is 0 Å². The zero-order valence-electron chi connectivity index (χ0n) is 34.2. The van der Waals surface area contributed by atoms with Gasteiger partial charge in [-0.15, -0.1) is 0 Å². The van der Waals surface area contributed by atoms with E-state index in [-0.39, 0.29) is 0 Å². The number of rotatable bonds is 19. The SMILES string of the molecule is CCCCCCCc1ccc(-c2ccc(-c3ccc(CCC)cc3)cc2)cn1.CCCCCCc1ccc(-c2ccc(-c3ccc(CCC)cc3)cc2)cn1. The Labute approximate surface area is 333 Å². The minimum absolute atomic E-state index is 1.09. The summed E-state index contributed by atoms with van der Waals surface area (Å²) in [5.74, 6) is 0. The third-order valence-corrected chi connectivity index (χ3v) is 10.6. The highest BCUT2D eigenvalue weighted by Gasteiger charge is 2.05. The van der Waals surface area contributed by atoms with Crippen molar-refractivity contribution in [2.24, 2.45) is 0 Å². The van der Waals surface area contributed by atoms with E-state index >= 15 is 0 Å². The monoisotopic (exact) mass is 729 g/mol. The van der Waals surface area contributed by atoms with Crippen LogP contribution in [0.25, 0.3) is 44.5 Å². The Kier molecular flexibility index (Phi) is 17.4. The number of unbranched alkanes of at least 4 members (excludes halogenated alkanes) is 7. The van der Waals surface area contributed by atoms with Gasteiger partial charge in [0.05, 0.1) is 0 Å². The molecule has 6 aromatic rings. The molecule has 0 unspecified atom stereocenters. The molecule has 0 bridgehead atoms. The maximum absolute atomic E-state index is 4.68. The fourth-order valence-corrected chi connectivity index (χ4v) is 7.14. The zero-order chi connectivity index (χ0) is 38.5. The molecule has 0 radical (unpaired) electrons. The van der Waals surface area contributed by atoms with Crippen LogP contribution in [-0.2, 0) is 25.7 Å². The predicted molar refractivity (Wildman–Crippen MR) is 239 cm³/mol. The van der Waals surface area contributed by atoms with E-state index in [0.717, 1.165) is 25.7 Å². The van der Waals surface area contributed by atoms with Crippen LogP contribution in [0.4, 0.5) is 0 Å². The smallest absolute Gasteiger partial charge is 0.0404 e. The van der Waals surface area contributed by atoms with Crippen LogP contribution >= 0.6 is 0 Å². The van der Waals surface area contributed by atoms with Crippen molar-refractivity contribution in [2.75, 3.05) is 0 Å². The molecule has 0 aliphatic heterocycles. The molecule has 0 saturated heterocycles. The first-order valence-electron chi connectivity index (χ1n) is 21.4. The quantitative estimate of drug-likeness (QED) is 0.0776. The molecule has 2 aromatic heterocycles. The minimum atomic E-state index is 1.09. The second-order valence-electron chi connectivity index (χ2n) is 15.1. The van der Waals surface area contributed by atoms with Crippen molar-refractivity contribution < 1.29 is 0 Å². The predicted octanol–water partition coefficient (Wildman–Crippen LogP) is 15.4. The second kappa shape index (κ2) is 23.2. The third kappa shape index (κ3) is 13.5. The average Bonchev–Trinajstić information content (AvgIpc) is 3.24. The normalized spacial score (nSPS) is 10.9. The highest BCUT2D eigenvalue weighted by Crippen LogP contribution is 2.27. The Morgan fingerprint density at radius 2 is 0.564 bits per heavy atom. The number of hydrogen-bond acceptors (Lipinski definition) is 2. The molecule has 0 amide bonds. The largest absolute Gasteiger partial charge is 0.261 e. The van der Waals surface area contributed by atoms with Crippen LogP contribution in [0.1, 0.15) is 121 Å². The van der Waals surface area contributed by atoms with Crippen molar-refractivity contribution in [2.45, 2.75) is 124 Å². The maximum atomic E-state index is 4.68. The van der Waals surface area contributed by atoms with Crippen LogP contribution in [-0.4, -0.2) is 9.97 Å². The number of aromatic nitrogens is 2. The molecule has 2 nitrogen and oxygen atoms in total. The highest BCUT2D eigenvalue weighted by molar-refractivity contribution is 5.71. The van der Waals surface area contributed by atoms with E-state index < -0.39 is 0 Å². The summed E-state index contributed by atoms with van der Waals surface area (Å²) in [7, 11) is 0. The van der Waals surface area contributed by atoms with Gasteiger partial charge in [0.2, 0.25) is 0 Å². The van der Waals surface area contributed by atoms with E-state index in [2.05, 4.69) is 159 Å². The number of pyridine rings is 2. The lowest BCUT2D eigenvalue weighted by atomic mass is 9.99. The zero-order valence-corrected chi connectivity index (χ0v) is 34.2. The molecule has 2 heterocycles. The van der Waals surface area contributed by atoms with Crippen LogP contribution in [0.15, 0.2) is 134 Å². The van der Waals surface area contributed by atoms with Crippen molar-refractivity contribution in [3.05, 3.63) is 156 Å². The molecule has 55 heavy (non-hydrogen) atoms. The molecule has 4 aromatic carbocycles. The lowest BCUT2D eigenvalue weighted by Crippen LogP contribution is -1.91. The van der Waals surface area contributed by atoms with Gasteiger partial charge in [0.15, 0.2) is 0 Å². The topological polar surface area (TPSA) is 25.8 Å². The van der Waals surface area contributed by atoms with Gasteiger partial charge in [0.1, 0.15) is 0 Å². The highest BCUT2D eigenvalue weighted by atomic mass is 14.7.